The van der Waals surface area contributed by atoms with Crippen LogP contribution in [0.1, 0.15) is 48.9 Å². The Bertz CT molecular complexity index is 1930. The Kier molecular flexibility index (Phi) is 9.20. The number of fused-ring (bicyclic) bond motifs is 1. The summed E-state index contributed by atoms with van der Waals surface area (Å²) in [5.41, 5.74) is 3.69. The fourth-order valence-corrected chi connectivity index (χ4v) is 5.14. The number of nitrogens with zero attached hydrogens (tertiary/aromatic N) is 4. The molecule has 0 saturated heterocycles. The standard InChI is InChI=1S/C34H31BrN4O5/c1-5-43-31-17-22(4)28(18-27(31)21(2)3)33-37-29-11-7-6-10-26(29)34(40)38(33)36-19-24-9-8-12-30(39(41)42)32(24)44-20-23-13-15-25(35)16-14-23/h6-19,21H,5,20H2,1-4H3. The van der Waals surface area contributed by atoms with Gasteiger partial charge in [0, 0.05) is 21.7 Å². The summed E-state index contributed by atoms with van der Waals surface area (Å²) in [4.78, 5) is 30.2. The molecule has 0 atom stereocenters. The van der Waals surface area contributed by atoms with Crippen LogP contribution >= 0.6 is 15.9 Å². The number of nitro groups is 1. The molecule has 0 spiro atoms. The third-order valence-corrected chi connectivity index (χ3v) is 7.63. The van der Waals surface area contributed by atoms with Crippen LogP contribution in [-0.4, -0.2) is 27.4 Å². The predicted octanol–water partition coefficient (Wildman–Crippen LogP) is 8.03. The van der Waals surface area contributed by atoms with Crippen molar-refractivity contribution in [1.82, 2.24) is 9.66 Å². The van der Waals surface area contributed by atoms with E-state index in [2.05, 4.69) is 34.9 Å². The summed E-state index contributed by atoms with van der Waals surface area (Å²) in [6, 6.07) is 23.1. The maximum Gasteiger partial charge on any atom is 0.311 e. The largest absolute Gasteiger partial charge is 0.494 e. The molecule has 44 heavy (non-hydrogen) atoms. The van der Waals surface area contributed by atoms with Gasteiger partial charge in [0.05, 0.1) is 28.6 Å². The number of hydrogen-bond donors (Lipinski definition) is 0. The molecular weight excluding hydrogens is 624 g/mol. The average molecular weight is 656 g/mol. The highest BCUT2D eigenvalue weighted by atomic mass is 79.9. The number of para-hydroxylation sites is 2. The Morgan fingerprint density at radius 3 is 2.50 bits per heavy atom. The van der Waals surface area contributed by atoms with Gasteiger partial charge in [0.15, 0.2) is 5.82 Å². The highest BCUT2D eigenvalue weighted by Gasteiger charge is 2.21. The number of benzene rings is 4. The first-order chi connectivity index (χ1) is 21.2. The quantitative estimate of drug-likeness (QED) is 0.0857. The van der Waals surface area contributed by atoms with Gasteiger partial charge in [-0.1, -0.05) is 60.1 Å². The molecule has 10 heteroatoms. The van der Waals surface area contributed by atoms with Crippen molar-refractivity contribution in [3.63, 3.8) is 0 Å². The SMILES string of the molecule is CCOc1cc(C)c(-c2nc3ccccc3c(=O)n2N=Cc2cccc([N+](=O)[O-])c2OCc2ccc(Br)cc2)cc1C(C)C. The Morgan fingerprint density at radius 2 is 1.80 bits per heavy atom. The van der Waals surface area contributed by atoms with Gasteiger partial charge in [0.2, 0.25) is 5.75 Å². The first-order valence-electron chi connectivity index (χ1n) is 14.2. The summed E-state index contributed by atoms with van der Waals surface area (Å²) >= 11 is 3.41. The van der Waals surface area contributed by atoms with Gasteiger partial charge >= 0.3 is 5.69 Å². The summed E-state index contributed by atoms with van der Waals surface area (Å²) in [6.07, 6.45) is 1.40. The van der Waals surface area contributed by atoms with Crippen LogP contribution in [0.4, 0.5) is 5.69 Å². The highest BCUT2D eigenvalue weighted by Crippen LogP contribution is 2.35. The second kappa shape index (κ2) is 13.2. The van der Waals surface area contributed by atoms with Gasteiger partial charge in [0.1, 0.15) is 12.4 Å². The minimum Gasteiger partial charge on any atom is -0.494 e. The lowest BCUT2D eigenvalue weighted by molar-refractivity contribution is -0.385. The molecule has 5 aromatic rings. The van der Waals surface area contributed by atoms with Gasteiger partial charge in [-0.05, 0) is 78.9 Å². The molecule has 0 aliphatic heterocycles. The molecule has 0 aliphatic carbocycles. The zero-order valence-corrected chi connectivity index (χ0v) is 26.4. The zero-order valence-electron chi connectivity index (χ0n) is 24.8. The van der Waals surface area contributed by atoms with Gasteiger partial charge in [-0.15, -0.1) is 0 Å². The normalized spacial score (nSPS) is 11.4. The molecule has 0 unspecified atom stereocenters. The Labute approximate surface area is 263 Å². The number of ether oxygens (including phenoxy) is 2. The molecule has 0 amide bonds. The molecule has 9 nitrogen and oxygen atoms in total. The number of hydrogen-bond acceptors (Lipinski definition) is 7. The maximum atomic E-state index is 13.9. The van der Waals surface area contributed by atoms with Crippen molar-refractivity contribution in [2.75, 3.05) is 6.61 Å². The van der Waals surface area contributed by atoms with Gasteiger partial charge in [0.25, 0.3) is 5.56 Å². The summed E-state index contributed by atoms with van der Waals surface area (Å²) in [5.74, 6) is 1.32. The molecule has 1 heterocycles. The molecule has 0 saturated carbocycles. The predicted molar refractivity (Wildman–Crippen MR) is 176 cm³/mol. The molecule has 1 aromatic heterocycles. The molecule has 4 aromatic carbocycles. The van der Waals surface area contributed by atoms with E-state index in [-0.39, 0.29) is 29.5 Å². The summed E-state index contributed by atoms with van der Waals surface area (Å²) in [5, 5.41) is 16.9. The second-order valence-corrected chi connectivity index (χ2v) is 11.4. The van der Waals surface area contributed by atoms with Crippen LogP contribution in [0.2, 0.25) is 0 Å². The van der Waals surface area contributed by atoms with Crippen molar-refractivity contribution in [2.24, 2.45) is 5.10 Å². The topological polar surface area (TPSA) is 109 Å². The third-order valence-electron chi connectivity index (χ3n) is 7.10. The zero-order chi connectivity index (χ0) is 31.4. The van der Waals surface area contributed by atoms with Crippen LogP contribution in [0, 0.1) is 17.0 Å². The fraction of sp³-hybridized carbons (Fsp3) is 0.206. The van der Waals surface area contributed by atoms with Crippen molar-refractivity contribution in [3.05, 3.63) is 126 Å². The van der Waals surface area contributed by atoms with E-state index in [0.717, 1.165) is 32.5 Å². The lowest BCUT2D eigenvalue weighted by Crippen LogP contribution is -2.21. The van der Waals surface area contributed by atoms with Crippen LogP contribution < -0.4 is 15.0 Å². The number of nitro benzene ring substituents is 1. The second-order valence-electron chi connectivity index (χ2n) is 10.5. The van der Waals surface area contributed by atoms with Crippen molar-refractivity contribution < 1.29 is 14.4 Å². The van der Waals surface area contributed by atoms with Crippen molar-refractivity contribution in [2.45, 2.75) is 40.2 Å². The van der Waals surface area contributed by atoms with Gasteiger partial charge < -0.3 is 9.47 Å². The molecule has 224 valence electrons. The van der Waals surface area contributed by atoms with E-state index in [4.69, 9.17) is 14.5 Å². The fourth-order valence-electron chi connectivity index (χ4n) is 4.88. The third kappa shape index (κ3) is 6.40. The summed E-state index contributed by atoms with van der Waals surface area (Å²) in [6.45, 7) is 8.66. The van der Waals surface area contributed by atoms with E-state index < -0.39 is 4.92 Å². The monoisotopic (exact) mass is 654 g/mol. The number of aryl methyl sites for hydroxylation is 1. The Hall–Kier alpha value is -4.83. The minimum absolute atomic E-state index is 0.0480. The van der Waals surface area contributed by atoms with E-state index in [1.165, 1.54) is 17.0 Å². The minimum atomic E-state index is -0.500. The van der Waals surface area contributed by atoms with E-state index >= 15 is 0 Å². The number of rotatable bonds is 10. The molecule has 0 fully saturated rings. The Balaban J connectivity index is 1.66. The van der Waals surface area contributed by atoms with Crippen LogP contribution in [0.25, 0.3) is 22.3 Å². The first-order valence-corrected chi connectivity index (χ1v) is 15.0. The van der Waals surface area contributed by atoms with E-state index in [0.29, 0.717) is 28.9 Å². The molecule has 5 rings (SSSR count). The molecule has 0 bridgehead atoms. The van der Waals surface area contributed by atoms with Crippen LogP contribution in [-0.2, 0) is 6.61 Å². The number of halogens is 1. The van der Waals surface area contributed by atoms with Crippen molar-refractivity contribution in [3.8, 4) is 22.9 Å². The lowest BCUT2D eigenvalue weighted by Gasteiger charge is -2.18. The van der Waals surface area contributed by atoms with Crippen LogP contribution in [0.15, 0.2) is 93.2 Å². The smallest absolute Gasteiger partial charge is 0.311 e. The van der Waals surface area contributed by atoms with Crippen LogP contribution in [0.3, 0.4) is 0 Å². The van der Waals surface area contributed by atoms with Crippen LogP contribution in [0.5, 0.6) is 11.5 Å². The number of aromatic nitrogens is 2. The highest BCUT2D eigenvalue weighted by molar-refractivity contribution is 9.10. The maximum absolute atomic E-state index is 13.9. The molecular formula is C34H31BrN4O5. The van der Waals surface area contributed by atoms with Crippen molar-refractivity contribution in [1.29, 1.82) is 0 Å². The molecule has 0 radical (unpaired) electrons. The molecule has 0 N–H and O–H groups in total. The van der Waals surface area contributed by atoms with E-state index in [9.17, 15) is 14.9 Å². The first kappa shape index (κ1) is 30.6. The summed E-state index contributed by atoms with van der Waals surface area (Å²) < 4.78 is 14.1. The van der Waals surface area contributed by atoms with Gasteiger partial charge in [-0.2, -0.15) is 9.78 Å². The lowest BCUT2D eigenvalue weighted by atomic mass is 9.96. The van der Waals surface area contributed by atoms with Crippen molar-refractivity contribution >= 4 is 38.7 Å². The average Bonchev–Trinajstić information content (AvgIpc) is 3.00. The van der Waals surface area contributed by atoms with E-state index in [1.54, 1.807) is 30.3 Å². The van der Waals surface area contributed by atoms with E-state index in [1.807, 2.05) is 56.3 Å². The Morgan fingerprint density at radius 1 is 1.05 bits per heavy atom. The molecule has 0 aliphatic rings. The van der Waals surface area contributed by atoms with Gasteiger partial charge in [-0.3, -0.25) is 14.9 Å². The van der Waals surface area contributed by atoms with Gasteiger partial charge in [-0.25, -0.2) is 4.98 Å². The summed E-state index contributed by atoms with van der Waals surface area (Å²) in [7, 11) is 0.